The first-order chi connectivity index (χ1) is 18.3. The SMILES string of the molecule is COc1ccc(C)c([C@]23CCN(C)C(C)[C@]2(O)CC=C(OC(=O)CCCC(=O)NC(C(=O)O)C(C)C)C3)c1O. The number of amides is 1. The maximum absolute atomic E-state index is 12.7. The van der Waals surface area contributed by atoms with Crippen LogP contribution in [0.5, 0.6) is 11.5 Å². The second-order valence-corrected chi connectivity index (χ2v) is 11.2. The third-order valence-corrected chi connectivity index (χ3v) is 8.52. The average molecular weight is 547 g/mol. The fraction of sp³-hybridized carbons (Fsp3) is 0.621. The lowest BCUT2D eigenvalue weighted by Crippen LogP contribution is -2.68. The molecule has 1 aromatic carbocycles. The lowest BCUT2D eigenvalue weighted by Gasteiger charge is -2.59. The van der Waals surface area contributed by atoms with E-state index in [2.05, 4.69) is 10.2 Å². The summed E-state index contributed by atoms with van der Waals surface area (Å²) >= 11 is 0. The molecule has 10 nitrogen and oxygen atoms in total. The molecule has 0 spiro atoms. The van der Waals surface area contributed by atoms with E-state index >= 15 is 0 Å². The highest BCUT2D eigenvalue weighted by Crippen LogP contribution is 2.57. The Morgan fingerprint density at radius 3 is 2.54 bits per heavy atom. The molecule has 0 aromatic heterocycles. The minimum absolute atomic E-state index is 0.00490. The van der Waals surface area contributed by atoms with E-state index < -0.39 is 34.9 Å². The molecular formula is C29H42N2O8. The van der Waals surface area contributed by atoms with Gasteiger partial charge in [0.15, 0.2) is 11.5 Å². The highest BCUT2D eigenvalue weighted by Gasteiger charge is 2.61. The number of phenols is 1. The zero-order valence-electron chi connectivity index (χ0n) is 23.7. The van der Waals surface area contributed by atoms with E-state index in [0.717, 1.165) is 5.56 Å². The Labute approximate surface area is 230 Å². The van der Waals surface area contributed by atoms with Crippen molar-refractivity contribution in [2.24, 2.45) is 5.92 Å². The zero-order valence-corrected chi connectivity index (χ0v) is 23.7. The predicted octanol–water partition coefficient (Wildman–Crippen LogP) is 3.02. The van der Waals surface area contributed by atoms with Crippen molar-refractivity contribution in [3.05, 3.63) is 35.1 Å². The fourth-order valence-corrected chi connectivity index (χ4v) is 6.09. The number of aromatic hydroxyl groups is 1. The number of aliphatic carboxylic acids is 1. The number of piperidine rings is 1. The van der Waals surface area contributed by atoms with Crippen molar-refractivity contribution >= 4 is 17.8 Å². The average Bonchev–Trinajstić information content (AvgIpc) is 2.86. The van der Waals surface area contributed by atoms with Gasteiger partial charge in [-0.15, -0.1) is 0 Å². The van der Waals surface area contributed by atoms with Crippen molar-refractivity contribution in [3.8, 4) is 11.5 Å². The van der Waals surface area contributed by atoms with E-state index in [1.165, 1.54) is 7.11 Å². The lowest BCUT2D eigenvalue weighted by molar-refractivity contribution is -0.148. The predicted molar refractivity (Wildman–Crippen MR) is 144 cm³/mol. The van der Waals surface area contributed by atoms with Crippen LogP contribution in [0.1, 0.15) is 70.4 Å². The Kier molecular flexibility index (Phi) is 9.33. The molecule has 2 unspecified atom stereocenters. The molecule has 3 rings (SSSR count). The number of carboxylic acids is 1. The van der Waals surface area contributed by atoms with Crippen LogP contribution in [-0.2, 0) is 24.5 Å². The molecule has 1 aromatic rings. The number of likely N-dealkylation sites (tertiary alicyclic amines) is 1. The second-order valence-electron chi connectivity index (χ2n) is 11.2. The van der Waals surface area contributed by atoms with Gasteiger partial charge in [-0.1, -0.05) is 19.9 Å². The van der Waals surface area contributed by atoms with E-state index in [4.69, 9.17) is 9.47 Å². The van der Waals surface area contributed by atoms with Crippen LogP contribution in [0.4, 0.5) is 0 Å². The number of fused-ring (bicyclic) bond motifs is 1. The zero-order chi connectivity index (χ0) is 29.1. The summed E-state index contributed by atoms with van der Waals surface area (Å²) in [5.74, 6) is -1.61. The van der Waals surface area contributed by atoms with E-state index in [1.807, 2.05) is 27.0 Å². The van der Waals surface area contributed by atoms with Gasteiger partial charge in [0.1, 0.15) is 11.8 Å². The van der Waals surface area contributed by atoms with Gasteiger partial charge in [0.05, 0.1) is 12.7 Å². The molecule has 0 radical (unpaired) electrons. The van der Waals surface area contributed by atoms with E-state index in [-0.39, 0.29) is 49.8 Å². The summed E-state index contributed by atoms with van der Waals surface area (Å²) in [4.78, 5) is 38.3. The molecule has 1 aliphatic carbocycles. The second kappa shape index (κ2) is 12.0. The molecule has 1 amide bonds. The van der Waals surface area contributed by atoms with Crippen LogP contribution in [0, 0.1) is 12.8 Å². The van der Waals surface area contributed by atoms with Gasteiger partial charge in [0.25, 0.3) is 0 Å². The van der Waals surface area contributed by atoms with Crippen LogP contribution in [0.2, 0.25) is 0 Å². The number of esters is 1. The van der Waals surface area contributed by atoms with Gasteiger partial charge >= 0.3 is 11.9 Å². The van der Waals surface area contributed by atoms with Crippen LogP contribution in [-0.4, -0.2) is 76.5 Å². The molecule has 216 valence electrons. The van der Waals surface area contributed by atoms with E-state index in [1.54, 1.807) is 26.0 Å². The summed E-state index contributed by atoms with van der Waals surface area (Å²) in [5.41, 5.74) is -0.752. The maximum atomic E-state index is 12.7. The van der Waals surface area contributed by atoms with Crippen molar-refractivity contribution in [1.29, 1.82) is 0 Å². The van der Waals surface area contributed by atoms with Crippen LogP contribution >= 0.6 is 0 Å². The summed E-state index contributed by atoms with van der Waals surface area (Å²) in [6.07, 6.45) is 2.89. The highest BCUT2D eigenvalue weighted by molar-refractivity contribution is 5.84. The van der Waals surface area contributed by atoms with Gasteiger partial charge in [0.2, 0.25) is 5.91 Å². The number of benzene rings is 1. The van der Waals surface area contributed by atoms with Crippen molar-refractivity contribution in [2.75, 3.05) is 20.7 Å². The van der Waals surface area contributed by atoms with Gasteiger partial charge in [-0.2, -0.15) is 0 Å². The Bertz CT molecular complexity index is 1130. The first-order valence-corrected chi connectivity index (χ1v) is 13.5. The topological polar surface area (TPSA) is 146 Å². The Morgan fingerprint density at radius 2 is 1.92 bits per heavy atom. The molecule has 2 aliphatic rings. The van der Waals surface area contributed by atoms with Gasteiger partial charge in [0, 0.05) is 42.7 Å². The number of aliphatic hydroxyl groups is 1. The fourth-order valence-electron chi connectivity index (χ4n) is 6.09. The standard InChI is InChI=1S/C29H42N2O8/c1-17(2)25(27(35)36)30-22(32)8-7-9-23(33)39-20-12-13-29(37)19(4)31(5)15-14-28(29,16-20)24-18(3)10-11-21(38-6)26(24)34/h10-12,17,19,25,34,37H,7-9,13-16H2,1-6H3,(H,30,32)(H,35,36)/t19?,25?,28-,29-/m1/s1. The van der Waals surface area contributed by atoms with Crippen LogP contribution in [0.25, 0.3) is 0 Å². The number of carboxylic acid groups (broad SMARTS) is 1. The van der Waals surface area contributed by atoms with Crippen LogP contribution < -0.4 is 10.1 Å². The number of methoxy groups -OCH3 is 1. The number of aryl methyl sites for hydroxylation is 1. The first-order valence-electron chi connectivity index (χ1n) is 13.5. The third-order valence-electron chi connectivity index (χ3n) is 8.52. The number of ether oxygens (including phenoxy) is 2. The maximum Gasteiger partial charge on any atom is 0.326 e. The number of allylic oxidation sites excluding steroid dienone is 1. The third kappa shape index (κ3) is 5.91. The molecule has 1 heterocycles. The summed E-state index contributed by atoms with van der Waals surface area (Å²) in [7, 11) is 3.44. The number of rotatable bonds is 10. The number of carbonyl (C=O) groups excluding carboxylic acids is 2. The number of likely N-dealkylation sites (N-methyl/N-ethyl adjacent to an activating group) is 1. The lowest BCUT2D eigenvalue weighted by atomic mass is 9.54. The Balaban J connectivity index is 1.77. The quantitative estimate of drug-likeness (QED) is 0.325. The summed E-state index contributed by atoms with van der Waals surface area (Å²) < 4.78 is 11.1. The monoisotopic (exact) mass is 546 g/mol. The molecule has 1 fully saturated rings. The molecule has 1 aliphatic heterocycles. The number of phenolic OH excluding ortho intramolecular Hbond substituents is 1. The number of carbonyl (C=O) groups is 3. The van der Waals surface area contributed by atoms with Crippen molar-refractivity contribution < 1.29 is 39.2 Å². The van der Waals surface area contributed by atoms with Crippen LogP contribution in [0.15, 0.2) is 24.0 Å². The molecule has 1 saturated heterocycles. The minimum Gasteiger partial charge on any atom is -0.504 e. The smallest absolute Gasteiger partial charge is 0.326 e. The molecular weight excluding hydrogens is 504 g/mol. The molecule has 4 N–H and O–H groups in total. The van der Waals surface area contributed by atoms with E-state index in [0.29, 0.717) is 30.0 Å². The first kappa shape index (κ1) is 30.4. The van der Waals surface area contributed by atoms with Gasteiger partial charge in [-0.25, -0.2) is 4.79 Å². The summed E-state index contributed by atoms with van der Waals surface area (Å²) in [5, 5.41) is 35.2. The summed E-state index contributed by atoms with van der Waals surface area (Å²) in [6.45, 7) is 7.93. The van der Waals surface area contributed by atoms with Crippen molar-refractivity contribution in [1.82, 2.24) is 10.2 Å². The highest BCUT2D eigenvalue weighted by atomic mass is 16.5. The van der Waals surface area contributed by atoms with Gasteiger partial charge in [-0.05, 0) is 63.9 Å². The summed E-state index contributed by atoms with van der Waals surface area (Å²) in [6, 6.07) is 2.33. The minimum atomic E-state index is -1.24. The number of hydrogen-bond acceptors (Lipinski definition) is 8. The van der Waals surface area contributed by atoms with Crippen LogP contribution in [0.3, 0.4) is 0 Å². The number of nitrogens with zero attached hydrogens (tertiary/aromatic N) is 1. The Hall–Kier alpha value is -3.11. The molecule has 0 bridgehead atoms. The normalized spacial score (nSPS) is 25.8. The Morgan fingerprint density at radius 1 is 1.23 bits per heavy atom. The van der Waals surface area contributed by atoms with E-state index in [9.17, 15) is 29.7 Å². The largest absolute Gasteiger partial charge is 0.504 e. The molecule has 10 heteroatoms. The van der Waals surface area contributed by atoms with Crippen molar-refractivity contribution in [3.63, 3.8) is 0 Å². The number of hydrogen-bond donors (Lipinski definition) is 4. The number of nitrogens with one attached hydrogen (secondary N) is 1. The van der Waals surface area contributed by atoms with Crippen molar-refractivity contribution in [2.45, 2.75) is 89.3 Å². The molecule has 0 saturated carbocycles. The van der Waals surface area contributed by atoms with Gasteiger partial charge in [-0.3, -0.25) is 9.59 Å². The molecule has 39 heavy (non-hydrogen) atoms. The van der Waals surface area contributed by atoms with Gasteiger partial charge < -0.3 is 35.0 Å². The molecule has 4 atom stereocenters.